The number of fused-ring (bicyclic) bond motifs is 2. The number of carbonyl (C=O) groups is 1. The maximum atomic E-state index is 10.7. The summed E-state index contributed by atoms with van der Waals surface area (Å²) in [6.45, 7) is 0.719. The van der Waals surface area contributed by atoms with Crippen LogP contribution in [0, 0.1) is 17.8 Å². The average molecular weight is 307 g/mol. The second kappa shape index (κ2) is 6.10. The molecule has 4 heteroatoms. The first-order valence-electron chi connectivity index (χ1n) is 7.45. The van der Waals surface area contributed by atoms with Crippen LogP contribution in [0.1, 0.15) is 31.2 Å². The van der Waals surface area contributed by atoms with Gasteiger partial charge in [-0.2, -0.15) is 0 Å². The molecule has 2 fully saturated rings. The van der Waals surface area contributed by atoms with Crippen LogP contribution < -0.4 is 4.74 Å². The van der Waals surface area contributed by atoms with E-state index < -0.39 is 5.97 Å². The van der Waals surface area contributed by atoms with Crippen molar-refractivity contribution >= 4 is 23.6 Å². The Balaban J connectivity index is 1.68. The Morgan fingerprint density at radius 3 is 2.90 bits per heavy atom. The summed E-state index contributed by atoms with van der Waals surface area (Å²) >= 11 is 5.97. The summed E-state index contributed by atoms with van der Waals surface area (Å²) in [4.78, 5) is 10.7. The minimum absolute atomic E-state index is 0.576. The first-order valence-corrected chi connectivity index (χ1v) is 7.83. The minimum Gasteiger partial charge on any atom is -0.493 e. The van der Waals surface area contributed by atoms with Gasteiger partial charge in [0.2, 0.25) is 0 Å². The molecule has 1 aromatic rings. The van der Waals surface area contributed by atoms with Gasteiger partial charge in [-0.25, -0.2) is 4.79 Å². The van der Waals surface area contributed by atoms with Crippen LogP contribution in [-0.4, -0.2) is 17.7 Å². The number of halogens is 1. The largest absolute Gasteiger partial charge is 0.493 e. The van der Waals surface area contributed by atoms with Crippen molar-refractivity contribution in [1.29, 1.82) is 0 Å². The zero-order valence-electron chi connectivity index (χ0n) is 11.8. The summed E-state index contributed by atoms with van der Waals surface area (Å²) in [7, 11) is 0. The Labute approximate surface area is 129 Å². The van der Waals surface area contributed by atoms with Gasteiger partial charge in [-0.15, -0.1) is 0 Å². The Kier molecular flexibility index (Phi) is 4.20. The van der Waals surface area contributed by atoms with Crippen molar-refractivity contribution < 1.29 is 14.6 Å². The fourth-order valence-electron chi connectivity index (χ4n) is 3.72. The quantitative estimate of drug-likeness (QED) is 0.827. The van der Waals surface area contributed by atoms with Gasteiger partial charge in [-0.1, -0.05) is 18.0 Å². The molecule has 2 saturated carbocycles. The fraction of sp³-hybridized carbons (Fsp3) is 0.471. The highest BCUT2D eigenvalue weighted by molar-refractivity contribution is 6.30. The number of benzene rings is 1. The van der Waals surface area contributed by atoms with Crippen molar-refractivity contribution in [3.05, 3.63) is 34.9 Å². The van der Waals surface area contributed by atoms with E-state index in [-0.39, 0.29) is 0 Å². The lowest BCUT2D eigenvalue weighted by atomic mass is 9.89. The van der Waals surface area contributed by atoms with Crippen LogP contribution in [0.15, 0.2) is 24.3 Å². The molecule has 3 nitrogen and oxygen atoms in total. The third-order valence-corrected chi connectivity index (χ3v) is 4.95. The molecule has 2 aliphatic rings. The summed E-state index contributed by atoms with van der Waals surface area (Å²) in [6.07, 6.45) is 8.00. The zero-order valence-corrected chi connectivity index (χ0v) is 12.6. The smallest absolute Gasteiger partial charge is 0.328 e. The van der Waals surface area contributed by atoms with Crippen molar-refractivity contribution in [3.8, 4) is 5.75 Å². The molecule has 2 aliphatic carbocycles. The lowest BCUT2D eigenvalue weighted by molar-refractivity contribution is -0.131. The van der Waals surface area contributed by atoms with E-state index in [2.05, 4.69) is 0 Å². The van der Waals surface area contributed by atoms with Gasteiger partial charge in [0, 0.05) is 16.7 Å². The third kappa shape index (κ3) is 3.41. The molecular weight excluding hydrogens is 288 g/mol. The molecule has 3 atom stereocenters. The van der Waals surface area contributed by atoms with E-state index in [0.29, 0.717) is 22.3 Å². The van der Waals surface area contributed by atoms with E-state index in [1.54, 1.807) is 12.1 Å². The predicted octanol–water partition coefficient (Wildman–Crippen LogP) is 4.25. The van der Waals surface area contributed by atoms with Gasteiger partial charge in [0.1, 0.15) is 5.75 Å². The maximum absolute atomic E-state index is 10.7. The van der Waals surface area contributed by atoms with E-state index in [9.17, 15) is 4.79 Å². The fourth-order valence-corrected chi connectivity index (χ4v) is 3.90. The molecule has 3 rings (SSSR count). The van der Waals surface area contributed by atoms with Crippen LogP contribution >= 0.6 is 11.6 Å². The number of carboxylic acid groups (broad SMARTS) is 1. The van der Waals surface area contributed by atoms with Gasteiger partial charge in [-0.3, -0.25) is 0 Å². The summed E-state index contributed by atoms with van der Waals surface area (Å²) in [6, 6.07) is 5.32. The van der Waals surface area contributed by atoms with Crippen molar-refractivity contribution in [2.75, 3.05) is 6.61 Å². The molecule has 1 aromatic carbocycles. The monoisotopic (exact) mass is 306 g/mol. The number of ether oxygens (including phenoxy) is 1. The van der Waals surface area contributed by atoms with Crippen LogP contribution in [0.5, 0.6) is 5.75 Å². The first-order chi connectivity index (χ1) is 10.1. The highest BCUT2D eigenvalue weighted by atomic mass is 35.5. The first kappa shape index (κ1) is 14.5. The van der Waals surface area contributed by atoms with Crippen molar-refractivity contribution in [1.82, 2.24) is 0 Å². The lowest BCUT2D eigenvalue weighted by Gasteiger charge is -2.22. The van der Waals surface area contributed by atoms with E-state index in [0.717, 1.165) is 24.5 Å². The number of aliphatic carboxylic acids is 1. The van der Waals surface area contributed by atoms with E-state index >= 15 is 0 Å². The number of rotatable bonds is 5. The Hall–Kier alpha value is -1.48. The van der Waals surface area contributed by atoms with Crippen molar-refractivity contribution in [2.24, 2.45) is 17.8 Å². The standard InChI is InChI=1S/C17H19ClO3/c18-15-4-5-16(13(9-15)3-6-17(19)20)21-10-14-8-11-1-2-12(14)7-11/h3-6,9,11-12,14H,1-2,7-8,10H2,(H,19,20). The summed E-state index contributed by atoms with van der Waals surface area (Å²) < 4.78 is 5.96. The molecule has 0 spiro atoms. The molecule has 1 N–H and O–H groups in total. The van der Waals surface area contributed by atoms with Gasteiger partial charge in [0.25, 0.3) is 0 Å². The highest BCUT2D eigenvalue weighted by Crippen LogP contribution is 2.48. The molecule has 0 aromatic heterocycles. The molecular formula is C17H19ClO3. The molecule has 3 unspecified atom stereocenters. The van der Waals surface area contributed by atoms with Crippen LogP contribution in [0.3, 0.4) is 0 Å². The molecule has 0 radical (unpaired) electrons. The zero-order chi connectivity index (χ0) is 14.8. The van der Waals surface area contributed by atoms with Crippen LogP contribution in [0.25, 0.3) is 6.08 Å². The molecule has 0 amide bonds. The lowest BCUT2D eigenvalue weighted by Crippen LogP contribution is -2.18. The number of hydrogen-bond acceptors (Lipinski definition) is 2. The van der Waals surface area contributed by atoms with Crippen LogP contribution in [0.2, 0.25) is 5.02 Å². The maximum Gasteiger partial charge on any atom is 0.328 e. The second-order valence-electron chi connectivity index (χ2n) is 6.10. The molecule has 2 bridgehead atoms. The normalized spacial score (nSPS) is 27.4. The molecule has 0 saturated heterocycles. The van der Waals surface area contributed by atoms with Gasteiger partial charge >= 0.3 is 5.97 Å². The SMILES string of the molecule is O=C(O)C=Cc1cc(Cl)ccc1OCC1CC2CCC1C2. The van der Waals surface area contributed by atoms with E-state index in [1.165, 1.54) is 31.8 Å². The van der Waals surface area contributed by atoms with Gasteiger partial charge in [0.15, 0.2) is 0 Å². The van der Waals surface area contributed by atoms with Crippen molar-refractivity contribution in [3.63, 3.8) is 0 Å². The molecule has 112 valence electrons. The second-order valence-corrected chi connectivity index (χ2v) is 6.54. The Morgan fingerprint density at radius 2 is 2.24 bits per heavy atom. The van der Waals surface area contributed by atoms with Gasteiger partial charge < -0.3 is 9.84 Å². The highest BCUT2D eigenvalue weighted by Gasteiger charge is 2.39. The van der Waals surface area contributed by atoms with Crippen LogP contribution in [-0.2, 0) is 4.79 Å². The predicted molar refractivity (Wildman–Crippen MR) is 82.6 cm³/mol. The average Bonchev–Trinajstić information content (AvgIpc) is 3.06. The molecule has 0 aliphatic heterocycles. The summed E-state index contributed by atoms with van der Waals surface area (Å²) in [5, 5.41) is 9.32. The summed E-state index contributed by atoms with van der Waals surface area (Å²) in [5.41, 5.74) is 0.716. The van der Waals surface area contributed by atoms with Crippen LogP contribution in [0.4, 0.5) is 0 Å². The van der Waals surface area contributed by atoms with E-state index in [1.807, 2.05) is 6.07 Å². The molecule has 0 heterocycles. The summed E-state index contributed by atoms with van der Waals surface area (Å²) in [5.74, 6) is 2.10. The topological polar surface area (TPSA) is 46.5 Å². The van der Waals surface area contributed by atoms with E-state index in [4.69, 9.17) is 21.4 Å². The van der Waals surface area contributed by atoms with Gasteiger partial charge in [-0.05, 0) is 61.3 Å². The van der Waals surface area contributed by atoms with Gasteiger partial charge in [0.05, 0.1) is 6.61 Å². The third-order valence-electron chi connectivity index (χ3n) is 4.71. The Bertz CT molecular complexity index is 567. The Morgan fingerprint density at radius 1 is 1.38 bits per heavy atom. The number of carboxylic acids is 1. The molecule has 21 heavy (non-hydrogen) atoms. The van der Waals surface area contributed by atoms with Crippen molar-refractivity contribution in [2.45, 2.75) is 25.7 Å². The minimum atomic E-state index is -0.978. The number of hydrogen-bond donors (Lipinski definition) is 1.